The van der Waals surface area contributed by atoms with Gasteiger partial charge in [0.1, 0.15) is 18.1 Å². The number of aliphatic hydroxyl groups excluding tert-OH is 1. The molecule has 2 aromatic heterocycles. The number of benzene rings is 3. The lowest BCUT2D eigenvalue weighted by Crippen LogP contribution is -2.25. The Hall–Kier alpha value is -3.99. The SMILES string of the molecule is CCOC(=O)c1[nH]c2c(-c3c(COCC(F)(F)CCO)n[nH]c3C)c(Cl)ccc2c1CCCOc1cccc2ccccc12. The second-order valence-electron chi connectivity index (χ2n) is 10.5. The highest BCUT2D eigenvalue weighted by molar-refractivity contribution is 6.35. The molecule has 2 heterocycles. The van der Waals surface area contributed by atoms with Gasteiger partial charge < -0.3 is 24.3 Å². The van der Waals surface area contributed by atoms with Gasteiger partial charge >= 0.3 is 5.97 Å². The van der Waals surface area contributed by atoms with Crippen molar-refractivity contribution >= 4 is 39.2 Å². The smallest absolute Gasteiger partial charge is 0.355 e. The van der Waals surface area contributed by atoms with E-state index in [1.54, 1.807) is 19.9 Å². The van der Waals surface area contributed by atoms with E-state index in [9.17, 15) is 13.6 Å². The summed E-state index contributed by atoms with van der Waals surface area (Å²) in [5, 5.41) is 19.4. The van der Waals surface area contributed by atoms with Crippen molar-refractivity contribution in [1.29, 1.82) is 0 Å². The van der Waals surface area contributed by atoms with E-state index in [0.29, 0.717) is 58.2 Å². The number of aryl methyl sites for hydroxylation is 2. The van der Waals surface area contributed by atoms with Gasteiger partial charge in [0.15, 0.2) is 0 Å². The number of fused-ring (bicyclic) bond motifs is 2. The highest BCUT2D eigenvalue weighted by atomic mass is 35.5. The van der Waals surface area contributed by atoms with Gasteiger partial charge in [0.2, 0.25) is 0 Å². The summed E-state index contributed by atoms with van der Waals surface area (Å²) in [4.78, 5) is 16.3. The van der Waals surface area contributed by atoms with Crippen LogP contribution in [0.4, 0.5) is 8.78 Å². The van der Waals surface area contributed by atoms with Gasteiger partial charge in [-0.1, -0.05) is 54.1 Å². The molecule has 0 saturated heterocycles. The molecule has 0 bridgehead atoms. The van der Waals surface area contributed by atoms with Gasteiger partial charge in [-0.3, -0.25) is 5.10 Å². The van der Waals surface area contributed by atoms with Crippen LogP contribution in [0.3, 0.4) is 0 Å². The Bertz CT molecular complexity index is 1760. The number of H-pyrrole nitrogens is 2. The van der Waals surface area contributed by atoms with Crippen LogP contribution in [-0.2, 0) is 22.5 Å². The Balaban J connectivity index is 1.44. The Morgan fingerprint density at radius 2 is 1.86 bits per heavy atom. The molecule has 3 N–H and O–H groups in total. The summed E-state index contributed by atoms with van der Waals surface area (Å²) < 4.78 is 44.7. The Kier molecular flexibility index (Phi) is 9.83. The lowest BCUT2D eigenvalue weighted by Gasteiger charge is -2.15. The zero-order valence-corrected chi connectivity index (χ0v) is 25.3. The lowest BCUT2D eigenvalue weighted by molar-refractivity contribution is -0.0936. The average Bonchev–Trinajstić information content (AvgIpc) is 3.55. The summed E-state index contributed by atoms with van der Waals surface area (Å²) in [7, 11) is 0. The van der Waals surface area contributed by atoms with Crippen LogP contribution in [0.5, 0.6) is 5.75 Å². The van der Waals surface area contributed by atoms with E-state index in [1.807, 2.05) is 48.5 Å². The highest BCUT2D eigenvalue weighted by Gasteiger charge is 2.29. The van der Waals surface area contributed by atoms with Gasteiger partial charge in [0.05, 0.1) is 36.1 Å². The molecule has 44 heavy (non-hydrogen) atoms. The molecule has 0 fully saturated rings. The average molecular weight is 626 g/mol. The van der Waals surface area contributed by atoms with Crippen molar-refractivity contribution < 1.29 is 32.9 Å². The molecule has 0 spiro atoms. The van der Waals surface area contributed by atoms with E-state index >= 15 is 0 Å². The van der Waals surface area contributed by atoms with Gasteiger partial charge in [-0.05, 0) is 49.8 Å². The number of aromatic nitrogens is 3. The van der Waals surface area contributed by atoms with Crippen LogP contribution in [0.15, 0.2) is 54.6 Å². The summed E-state index contributed by atoms with van der Waals surface area (Å²) in [5.74, 6) is -2.87. The zero-order chi connectivity index (χ0) is 31.3. The van der Waals surface area contributed by atoms with E-state index in [-0.39, 0.29) is 13.2 Å². The first-order valence-electron chi connectivity index (χ1n) is 14.5. The van der Waals surface area contributed by atoms with E-state index in [2.05, 4.69) is 15.2 Å². The van der Waals surface area contributed by atoms with Crippen molar-refractivity contribution in [2.45, 2.75) is 45.6 Å². The van der Waals surface area contributed by atoms with Gasteiger partial charge in [0, 0.05) is 40.6 Å². The van der Waals surface area contributed by atoms with Gasteiger partial charge in [-0.15, -0.1) is 0 Å². The van der Waals surface area contributed by atoms with Crippen molar-refractivity contribution in [1.82, 2.24) is 15.2 Å². The fourth-order valence-electron chi connectivity index (χ4n) is 5.38. The predicted octanol–water partition coefficient (Wildman–Crippen LogP) is 7.40. The summed E-state index contributed by atoms with van der Waals surface area (Å²) in [6, 6.07) is 17.5. The minimum atomic E-state index is -3.17. The van der Waals surface area contributed by atoms with Gasteiger partial charge in [0.25, 0.3) is 5.92 Å². The summed E-state index contributed by atoms with van der Waals surface area (Å²) in [5.41, 5.74) is 3.88. The number of nitrogens with one attached hydrogen (secondary N) is 2. The topological polar surface area (TPSA) is 109 Å². The number of rotatable bonds is 14. The monoisotopic (exact) mass is 625 g/mol. The first-order chi connectivity index (χ1) is 21.2. The number of hydrogen-bond donors (Lipinski definition) is 3. The number of carbonyl (C=O) groups excluding carboxylic acids is 1. The number of aliphatic hydroxyl groups is 1. The molecule has 0 aliphatic rings. The molecular formula is C33H34ClF2N3O5. The molecule has 232 valence electrons. The number of esters is 1. The summed E-state index contributed by atoms with van der Waals surface area (Å²) in [6.45, 7) is 2.44. The molecule has 5 rings (SSSR count). The van der Waals surface area contributed by atoms with Crippen LogP contribution < -0.4 is 4.74 Å². The van der Waals surface area contributed by atoms with Crippen molar-refractivity contribution in [2.75, 3.05) is 26.4 Å². The van der Waals surface area contributed by atoms with Crippen LogP contribution in [0.2, 0.25) is 5.02 Å². The normalized spacial score (nSPS) is 11.9. The fraction of sp³-hybridized carbons (Fsp3) is 0.333. The van der Waals surface area contributed by atoms with Crippen molar-refractivity contribution in [2.24, 2.45) is 0 Å². The number of nitrogens with zero attached hydrogens (tertiary/aromatic N) is 1. The van der Waals surface area contributed by atoms with Gasteiger partial charge in [-0.25, -0.2) is 13.6 Å². The molecule has 11 heteroatoms. The molecule has 8 nitrogen and oxygen atoms in total. The maximum atomic E-state index is 13.9. The highest BCUT2D eigenvalue weighted by Crippen LogP contribution is 2.40. The van der Waals surface area contributed by atoms with E-state index < -0.39 is 31.5 Å². The van der Waals surface area contributed by atoms with Crippen molar-refractivity contribution in [3.05, 3.63) is 82.3 Å². The molecule has 0 atom stereocenters. The molecule has 0 aliphatic heterocycles. The molecule has 0 aliphatic carbocycles. The largest absolute Gasteiger partial charge is 0.493 e. The van der Waals surface area contributed by atoms with E-state index in [1.165, 1.54) is 0 Å². The number of alkyl halides is 2. The number of halogens is 3. The third kappa shape index (κ3) is 6.72. The fourth-order valence-corrected chi connectivity index (χ4v) is 5.63. The molecule has 3 aromatic carbocycles. The van der Waals surface area contributed by atoms with Crippen LogP contribution in [0.25, 0.3) is 32.8 Å². The second kappa shape index (κ2) is 13.8. The van der Waals surface area contributed by atoms with Crippen molar-refractivity contribution in [3.8, 4) is 16.9 Å². The van der Waals surface area contributed by atoms with Crippen LogP contribution in [-0.4, -0.2) is 58.6 Å². The third-order valence-electron chi connectivity index (χ3n) is 7.39. The standard InChI is InChI=1S/C33H34ClF2N3O5/c1-3-43-32(41)31-23(11-7-17-44-27-12-6-9-21-8-4-5-10-22(21)27)24-13-14-25(34)29(30(24)37-31)28-20(2)38-39-26(28)18-42-19-33(35,36)15-16-40/h4-6,8-10,12-14,37,40H,3,7,11,15-19H2,1-2H3,(H,38,39). The minimum absolute atomic E-state index is 0.203. The van der Waals surface area contributed by atoms with Crippen LogP contribution in [0.1, 0.15) is 47.2 Å². The molecule has 0 unspecified atom stereocenters. The minimum Gasteiger partial charge on any atom is -0.493 e. The second-order valence-corrected chi connectivity index (χ2v) is 10.9. The quantitative estimate of drug-likeness (QED) is 0.0877. The predicted molar refractivity (Wildman–Crippen MR) is 166 cm³/mol. The summed E-state index contributed by atoms with van der Waals surface area (Å²) >= 11 is 6.74. The van der Waals surface area contributed by atoms with Crippen LogP contribution in [0, 0.1) is 6.92 Å². The van der Waals surface area contributed by atoms with E-state index in [4.69, 9.17) is 30.9 Å². The van der Waals surface area contributed by atoms with Gasteiger partial charge in [-0.2, -0.15) is 5.10 Å². The summed E-state index contributed by atoms with van der Waals surface area (Å²) in [6.07, 6.45) is 0.437. The Labute approximate surface area is 258 Å². The zero-order valence-electron chi connectivity index (χ0n) is 24.5. The third-order valence-corrected chi connectivity index (χ3v) is 7.71. The van der Waals surface area contributed by atoms with Crippen LogP contribution >= 0.6 is 11.6 Å². The first kappa shape index (κ1) is 31.4. The maximum absolute atomic E-state index is 13.9. The lowest BCUT2D eigenvalue weighted by atomic mass is 9.98. The molecule has 0 saturated carbocycles. The number of ether oxygens (including phenoxy) is 3. The molecular weight excluding hydrogens is 592 g/mol. The maximum Gasteiger partial charge on any atom is 0.355 e. The first-order valence-corrected chi connectivity index (χ1v) is 14.8. The Morgan fingerprint density at radius 1 is 1.07 bits per heavy atom. The number of carbonyl (C=O) groups is 1. The number of hydrogen-bond acceptors (Lipinski definition) is 6. The van der Waals surface area contributed by atoms with E-state index in [0.717, 1.165) is 27.5 Å². The number of aromatic amines is 2. The van der Waals surface area contributed by atoms with Crippen molar-refractivity contribution in [3.63, 3.8) is 0 Å². The molecule has 0 amide bonds. The Morgan fingerprint density at radius 3 is 2.66 bits per heavy atom. The molecule has 5 aromatic rings. The molecule has 0 radical (unpaired) electrons.